The molecule has 0 bridgehead atoms. The average Bonchev–Trinajstić information content (AvgIpc) is 3.20. The predicted molar refractivity (Wildman–Crippen MR) is 104 cm³/mol. The number of thiazole rings is 1. The van der Waals surface area contributed by atoms with Crippen molar-refractivity contribution in [2.75, 3.05) is 19.7 Å². The number of morpholine rings is 1. The van der Waals surface area contributed by atoms with E-state index in [1.165, 1.54) is 22.2 Å². The van der Waals surface area contributed by atoms with Crippen LogP contribution in [0.25, 0.3) is 4.96 Å². The van der Waals surface area contributed by atoms with Gasteiger partial charge in [0.25, 0.3) is 0 Å². The molecule has 1 N–H and O–H groups in total. The summed E-state index contributed by atoms with van der Waals surface area (Å²) in [6, 6.07) is 7.99. The lowest BCUT2D eigenvalue weighted by Gasteiger charge is -2.40. The van der Waals surface area contributed by atoms with Crippen molar-refractivity contribution in [3.05, 3.63) is 41.0 Å². The number of ether oxygens (including phenoxy) is 2. The first-order chi connectivity index (χ1) is 13.1. The lowest BCUT2D eigenvalue weighted by Crippen LogP contribution is -2.47. The molecule has 0 saturated carbocycles. The van der Waals surface area contributed by atoms with Crippen molar-refractivity contribution >= 4 is 16.3 Å². The number of aromatic nitrogens is 3. The van der Waals surface area contributed by atoms with Gasteiger partial charge in [0.05, 0.1) is 29.7 Å². The van der Waals surface area contributed by atoms with Crippen molar-refractivity contribution in [3.8, 4) is 11.6 Å². The largest absolute Gasteiger partial charge is 0.494 e. The van der Waals surface area contributed by atoms with Crippen molar-refractivity contribution in [2.45, 2.75) is 39.0 Å². The van der Waals surface area contributed by atoms with E-state index in [-0.39, 0.29) is 24.1 Å². The van der Waals surface area contributed by atoms with Crippen molar-refractivity contribution in [1.29, 1.82) is 0 Å². The fraction of sp³-hybridized carbons (Fsp3) is 0.474. The Labute approximate surface area is 162 Å². The molecule has 1 fully saturated rings. The molecule has 4 rings (SSSR count). The molecule has 144 valence electrons. The van der Waals surface area contributed by atoms with Gasteiger partial charge in [0.2, 0.25) is 10.8 Å². The van der Waals surface area contributed by atoms with E-state index >= 15 is 0 Å². The first-order valence-corrected chi connectivity index (χ1v) is 10.0. The summed E-state index contributed by atoms with van der Waals surface area (Å²) in [6.45, 7) is 8.35. The fourth-order valence-corrected chi connectivity index (χ4v) is 4.83. The maximum Gasteiger partial charge on any atom is 0.230 e. The molecular formula is C19H24N4O3S. The lowest BCUT2D eigenvalue weighted by molar-refractivity contribution is -0.0764. The average molecular weight is 388 g/mol. The topological polar surface area (TPSA) is 72.1 Å². The summed E-state index contributed by atoms with van der Waals surface area (Å²) in [5, 5.41) is 14.9. The SMILES string of the molecule is CCOc1ccc(C(c2sc3ncnn3c2O)N2CC(C)OC(C)C2)cc1. The summed E-state index contributed by atoms with van der Waals surface area (Å²) in [4.78, 5) is 8.13. The van der Waals surface area contributed by atoms with Crippen LogP contribution in [-0.4, -0.2) is 56.5 Å². The van der Waals surface area contributed by atoms with Crippen LogP contribution >= 0.6 is 11.3 Å². The van der Waals surface area contributed by atoms with Gasteiger partial charge in [-0.1, -0.05) is 23.5 Å². The molecule has 3 aromatic rings. The number of aromatic hydroxyl groups is 1. The van der Waals surface area contributed by atoms with Crippen molar-refractivity contribution in [1.82, 2.24) is 19.5 Å². The highest BCUT2D eigenvalue weighted by Crippen LogP contribution is 2.41. The number of rotatable bonds is 5. The number of hydrogen-bond acceptors (Lipinski definition) is 7. The first kappa shape index (κ1) is 18.2. The minimum Gasteiger partial charge on any atom is -0.494 e. The van der Waals surface area contributed by atoms with Crippen LogP contribution in [0.15, 0.2) is 30.6 Å². The summed E-state index contributed by atoms with van der Waals surface area (Å²) in [5.41, 5.74) is 1.10. The normalized spacial score (nSPS) is 22.2. The number of benzene rings is 1. The highest BCUT2D eigenvalue weighted by Gasteiger charge is 2.33. The second-order valence-corrected chi connectivity index (χ2v) is 7.87. The smallest absolute Gasteiger partial charge is 0.230 e. The Balaban J connectivity index is 1.76. The third-order valence-corrected chi connectivity index (χ3v) is 5.79. The fourth-order valence-electron chi connectivity index (χ4n) is 3.74. The minimum atomic E-state index is -0.0945. The van der Waals surface area contributed by atoms with Crippen LogP contribution in [-0.2, 0) is 4.74 Å². The van der Waals surface area contributed by atoms with E-state index in [0.29, 0.717) is 11.6 Å². The highest BCUT2D eigenvalue weighted by molar-refractivity contribution is 7.17. The summed E-state index contributed by atoms with van der Waals surface area (Å²) in [7, 11) is 0. The van der Waals surface area contributed by atoms with Crippen molar-refractivity contribution < 1.29 is 14.6 Å². The maximum absolute atomic E-state index is 10.8. The highest BCUT2D eigenvalue weighted by atomic mass is 32.1. The Bertz CT molecular complexity index is 897. The molecule has 8 heteroatoms. The van der Waals surface area contributed by atoms with Gasteiger partial charge in [-0.25, -0.2) is 4.98 Å². The van der Waals surface area contributed by atoms with E-state index in [0.717, 1.165) is 29.3 Å². The molecule has 1 saturated heterocycles. The van der Waals surface area contributed by atoms with Crippen LogP contribution in [0.2, 0.25) is 0 Å². The Kier molecular flexibility index (Phi) is 5.03. The van der Waals surface area contributed by atoms with E-state index in [2.05, 4.69) is 41.0 Å². The molecule has 3 unspecified atom stereocenters. The molecule has 7 nitrogen and oxygen atoms in total. The zero-order chi connectivity index (χ0) is 19.0. The van der Waals surface area contributed by atoms with Crippen molar-refractivity contribution in [3.63, 3.8) is 0 Å². The molecular weight excluding hydrogens is 364 g/mol. The molecule has 1 aliphatic rings. The second-order valence-electron chi connectivity index (χ2n) is 6.86. The van der Waals surface area contributed by atoms with E-state index in [1.807, 2.05) is 19.1 Å². The molecule has 0 aliphatic carbocycles. The maximum atomic E-state index is 10.8. The third kappa shape index (κ3) is 3.52. The quantitative estimate of drug-likeness (QED) is 0.724. The summed E-state index contributed by atoms with van der Waals surface area (Å²) in [5.74, 6) is 0.994. The zero-order valence-corrected chi connectivity index (χ0v) is 16.5. The van der Waals surface area contributed by atoms with Gasteiger partial charge in [0, 0.05) is 13.1 Å². The molecule has 2 aromatic heterocycles. The monoisotopic (exact) mass is 388 g/mol. The molecule has 0 spiro atoms. The van der Waals surface area contributed by atoms with Crippen LogP contribution in [0.1, 0.15) is 37.3 Å². The first-order valence-electron chi connectivity index (χ1n) is 9.20. The van der Waals surface area contributed by atoms with Crippen LogP contribution in [0, 0.1) is 0 Å². The number of fused-ring (bicyclic) bond motifs is 1. The Morgan fingerprint density at radius 2 is 1.96 bits per heavy atom. The minimum absolute atomic E-state index is 0.0945. The van der Waals surface area contributed by atoms with Gasteiger partial charge in [0.15, 0.2) is 0 Å². The van der Waals surface area contributed by atoms with Gasteiger partial charge < -0.3 is 14.6 Å². The van der Waals surface area contributed by atoms with Crippen molar-refractivity contribution in [2.24, 2.45) is 0 Å². The van der Waals surface area contributed by atoms with Crippen LogP contribution < -0.4 is 4.74 Å². The van der Waals surface area contributed by atoms with Gasteiger partial charge in [-0.05, 0) is 38.5 Å². The van der Waals surface area contributed by atoms with E-state index in [9.17, 15) is 5.11 Å². The van der Waals surface area contributed by atoms with Gasteiger partial charge in [-0.15, -0.1) is 0 Å². The molecule has 0 amide bonds. The molecule has 1 aromatic carbocycles. The number of hydrogen-bond donors (Lipinski definition) is 1. The van der Waals surface area contributed by atoms with Crippen LogP contribution in [0.5, 0.6) is 11.6 Å². The standard InChI is InChI=1S/C19H24N4O3S/c1-4-25-15-7-5-14(6-8-15)16(22-9-12(2)26-13(3)10-22)17-18(24)23-19(27-17)20-11-21-23/h5-8,11-13,16,24H,4,9-10H2,1-3H3. The van der Waals surface area contributed by atoms with E-state index in [1.54, 1.807) is 0 Å². The van der Waals surface area contributed by atoms with Gasteiger partial charge in [0.1, 0.15) is 12.1 Å². The lowest BCUT2D eigenvalue weighted by atomic mass is 10.0. The van der Waals surface area contributed by atoms with Crippen LogP contribution in [0.4, 0.5) is 0 Å². The summed E-state index contributed by atoms with van der Waals surface area (Å²) in [6.07, 6.45) is 1.71. The second kappa shape index (κ2) is 7.46. The van der Waals surface area contributed by atoms with E-state index < -0.39 is 0 Å². The Morgan fingerprint density at radius 1 is 1.26 bits per heavy atom. The Hall–Kier alpha value is -2.16. The molecule has 3 heterocycles. The van der Waals surface area contributed by atoms with Gasteiger partial charge >= 0.3 is 0 Å². The third-order valence-electron chi connectivity index (χ3n) is 4.71. The molecule has 0 radical (unpaired) electrons. The van der Waals surface area contributed by atoms with Gasteiger partial charge in [-0.3, -0.25) is 4.90 Å². The Morgan fingerprint density at radius 3 is 2.59 bits per heavy atom. The zero-order valence-electron chi connectivity index (χ0n) is 15.7. The summed E-state index contributed by atoms with van der Waals surface area (Å²) >= 11 is 1.47. The molecule has 1 aliphatic heterocycles. The molecule has 27 heavy (non-hydrogen) atoms. The van der Waals surface area contributed by atoms with Gasteiger partial charge in [-0.2, -0.15) is 9.61 Å². The molecule has 3 atom stereocenters. The summed E-state index contributed by atoms with van der Waals surface area (Å²) < 4.78 is 13.0. The van der Waals surface area contributed by atoms with E-state index in [4.69, 9.17) is 9.47 Å². The predicted octanol–water partition coefficient (Wildman–Crippen LogP) is 3.09. The van der Waals surface area contributed by atoms with Crippen LogP contribution in [0.3, 0.4) is 0 Å². The number of nitrogens with zero attached hydrogens (tertiary/aromatic N) is 4.